The quantitative estimate of drug-likeness (QED) is 0.158. The van der Waals surface area contributed by atoms with Gasteiger partial charge in [-0.1, -0.05) is 110 Å². The predicted molar refractivity (Wildman–Crippen MR) is 308 cm³/mol. The molecule has 8 N–H and O–H groups in total. The molecule has 0 aromatic heterocycles. The van der Waals surface area contributed by atoms with Gasteiger partial charge in [-0.05, 0) is 126 Å². The molecule has 4 aliphatic heterocycles. The summed E-state index contributed by atoms with van der Waals surface area (Å²) in [7, 11) is 0. The number of hydrogen-bond acceptors (Lipinski definition) is 12. The number of benzene rings is 2. The standard InChI is InChI=1S/C30H46N4O5.C30H44N4O5.CH4.H2/c2*1-18(2)24-17-27(36)19(3)26(35)14-7-6-10-22-11-8-12-23(16-22)20(4)31-29(38)25-13-9-15-34(33-25)30(39)21(5)32-28(24)37;;/h8,11-12,16,18-21,24-26,33,35H,6-7,9-10,13-15,17H2,1-5H3,(H,31,38)(H,32,37);6,8,10-12,16,18-21,24-26,33,35H,7,9,13-15,17H2,1-5H3,(H,31,38)(H,32,37);1H4;1H/b;10-6+;;/t2*19-,20-,21+,24+,25+,26-;;/m11../s1. The lowest BCUT2D eigenvalue weighted by Crippen LogP contribution is -2.61. The summed E-state index contributed by atoms with van der Waals surface area (Å²) in [6.45, 7) is 18.9. The van der Waals surface area contributed by atoms with Gasteiger partial charge in [0.1, 0.15) is 35.7 Å². The summed E-state index contributed by atoms with van der Waals surface area (Å²) in [6.07, 6.45) is 8.84. The van der Waals surface area contributed by atoms with Crippen LogP contribution in [0.2, 0.25) is 0 Å². The number of aliphatic hydroxyl groups is 2. The van der Waals surface area contributed by atoms with E-state index < -0.39 is 60.0 Å². The number of carbonyl (C=O) groups is 8. The molecule has 6 rings (SSSR count). The monoisotopic (exact) mass is 1100 g/mol. The number of aliphatic hydroxyl groups excluding tert-OH is 2. The highest BCUT2D eigenvalue weighted by Crippen LogP contribution is 2.26. The molecule has 8 bridgehead atoms. The van der Waals surface area contributed by atoms with E-state index in [0.717, 1.165) is 41.5 Å². The minimum Gasteiger partial charge on any atom is -0.392 e. The van der Waals surface area contributed by atoms with Crippen molar-refractivity contribution in [1.29, 1.82) is 0 Å². The maximum absolute atomic E-state index is 13.2. The van der Waals surface area contributed by atoms with Gasteiger partial charge in [-0.2, -0.15) is 0 Å². The van der Waals surface area contributed by atoms with E-state index in [9.17, 15) is 48.6 Å². The van der Waals surface area contributed by atoms with Crippen molar-refractivity contribution in [2.24, 2.45) is 35.5 Å². The number of nitrogens with one attached hydrogen (secondary N) is 6. The molecule has 0 unspecified atom stereocenters. The predicted octanol–water partition coefficient (Wildman–Crippen LogP) is 6.60. The Hall–Kier alpha value is -5.82. The van der Waals surface area contributed by atoms with Crippen LogP contribution in [0.4, 0.5) is 0 Å². The number of amides is 6. The molecule has 0 radical (unpaired) electrons. The van der Waals surface area contributed by atoms with E-state index in [4.69, 9.17) is 0 Å². The zero-order valence-electron chi connectivity index (χ0n) is 47.8. The Morgan fingerprint density at radius 3 is 1.46 bits per heavy atom. The lowest BCUT2D eigenvalue weighted by molar-refractivity contribution is -0.144. The average molecular weight is 1100 g/mol. The van der Waals surface area contributed by atoms with Gasteiger partial charge >= 0.3 is 0 Å². The van der Waals surface area contributed by atoms with Gasteiger partial charge in [-0.3, -0.25) is 48.4 Å². The molecule has 18 heteroatoms. The minimum absolute atomic E-state index is 0. The van der Waals surface area contributed by atoms with Crippen molar-refractivity contribution in [3.63, 3.8) is 0 Å². The number of Topliss-reactive ketones (excluding diaryl/α,β-unsaturated/α-hetero) is 2. The Kier molecular flexibility index (Phi) is 26.0. The normalized spacial score (nSPS) is 30.5. The second-order valence-corrected chi connectivity index (χ2v) is 22.9. The summed E-state index contributed by atoms with van der Waals surface area (Å²) < 4.78 is 0. The van der Waals surface area contributed by atoms with Crippen molar-refractivity contribution < 1.29 is 50.0 Å². The average Bonchev–Trinajstić information content (AvgIpc) is 3.42. The molecule has 440 valence electrons. The molecular formula is C61H96N8O10. The summed E-state index contributed by atoms with van der Waals surface area (Å²) in [5.41, 5.74) is 10.2. The minimum atomic E-state index is -0.836. The van der Waals surface area contributed by atoms with E-state index in [1.54, 1.807) is 27.7 Å². The number of hydrazine groups is 2. The molecule has 0 spiro atoms. The number of allylic oxidation sites excluding steroid dienone is 1. The van der Waals surface area contributed by atoms with Gasteiger partial charge in [0, 0.05) is 51.0 Å². The molecule has 0 saturated carbocycles. The van der Waals surface area contributed by atoms with Gasteiger partial charge in [-0.25, -0.2) is 10.9 Å². The highest BCUT2D eigenvalue weighted by atomic mass is 16.3. The smallest absolute Gasteiger partial charge is 0.258 e. The van der Waals surface area contributed by atoms with Crippen LogP contribution in [-0.4, -0.2) is 117 Å². The number of aryl methyl sites for hydroxylation is 1. The first-order valence-corrected chi connectivity index (χ1v) is 28.6. The molecule has 2 fully saturated rings. The second kappa shape index (κ2) is 31.2. The van der Waals surface area contributed by atoms with Crippen molar-refractivity contribution in [2.75, 3.05) is 13.1 Å². The van der Waals surface area contributed by atoms with Crippen LogP contribution in [0.3, 0.4) is 0 Å². The van der Waals surface area contributed by atoms with E-state index >= 15 is 0 Å². The van der Waals surface area contributed by atoms with Gasteiger partial charge in [0.25, 0.3) is 11.8 Å². The first kappa shape index (κ1) is 65.7. The number of ketones is 2. The van der Waals surface area contributed by atoms with E-state index in [1.807, 2.05) is 90.1 Å². The van der Waals surface area contributed by atoms with Gasteiger partial charge in [0.05, 0.1) is 24.3 Å². The maximum atomic E-state index is 13.2. The van der Waals surface area contributed by atoms with Gasteiger partial charge in [0.15, 0.2) is 0 Å². The second-order valence-electron chi connectivity index (χ2n) is 22.9. The topological polar surface area (TPSA) is 256 Å². The van der Waals surface area contributed by atoms with Crippen LogP contribution < -0.4 is 32.1 Å². The summed E-state index contributed by atoms with van der Waals surface area (Å²) >= 11 is 0. The summed E-state index contributed by atoms with van der Waals surface area (Å²) in [5.74, 6) is -4.75. The molecule has 2 aromatic carbocycles. The molecule has 18 nitrogen and oxygen atoms in total. The van der Waals surface area contributed by atoms with Crippen LogP contribution in [0.15, 0.2) is 54.6 Å². The third-order valence-electron chi connectivity index (χ3n) is 16.0. The van der Waals surface area contributed by atoms with E-state index in [1.165, 1.54) is 10.0 Å². The van der Waals surface area contributed by atoms with Gasteiger partial charge < -0.3 is 31.5 Å². The molecule has 0 aliphatic carbocycles. The maximum Gasteiger partial charge on any atom is 0.258 e. The number of rotatable bonds is 2. The zero-order chi connectivity index (χ0) is 57.4. The van der Waals surface area contributed by atoms with Crippen molar-refractivity contribution in [2.45, 2.75) is 202 Å². The molecule has 6 amide bonds. The highest BCUT2D eigenvalue weighted by Gasteiger charge is 2.37. The Bertz CT molecular complexity index is 2440. The molecule has 79 heavy (non-hydrogen) atoms. The molecule has 4 heterocycles. The zero-order valence-corrected chi connectivity index (χ0v) is 47.8. The largest absolute Gasteiger partial charge is 0.392 e. The summed E-state index contributed by atoms with van der Waals surface area (Å²) in [6, 6.07) is 12.8. The highest BCUT2D eigenvalue weighted by molar-refractivity contribution is 5.93. The molecule has 4 aliphatic rings. The number of hydrogen-bond donors (Lipinski definition) is 8. The van der Waals surface area contributed by atoms with Crippen molar-refractivity contribution in [1.82, 2.24) is 42.1 Å². The number of nitrogens with zero attached hydrogens (tertiary/aromatic N) is 2. The fraction of sp³-hybridized carbons (Fsp3) is 0.639. The Balaban J connectivity index is 0.000000410. The van der Waals surface area contributed by atoms with Crippen LogP contribution in [0, 0.1) is 35.5 Å². The number of carbonyl (C=O) groups excluding carboxylic acids is 8. The third kappa shape index (κ3) is 19.2. The van der Waals surface area contributed by atoms with E-state index in [-0.39, 0.29) is 92.6 Å². The van der Waals surface area contributed by atoms with E-state index in [0.29, 0.717) is 58.0 Å². The Morgan fingerprint density at radius 1 is 0.532 bits per heavy atom. The van der Waals surface area contributed by atoms with Crippen molar-refractivity contribution in [3.8, 4) is 0 Å². The molecular weight excluding hydrogens is 1000 g/mol. The fourth-order valence-corrected chi connectivity index (χ4v) is 10.4. The van der Waals surface area contributed by atoms with E-state index in [2.05, 4.69) is 44.3 Å². The van der Waals surface area contributed by atoms with Crippen molar-refractivity contribution >= 4 is 53.1 Å². The first-order chi connectivity index (χ1) is 36.9. The molecule has 12 atom stereocenters. The number of fused-ring (bicyclic) bond motifs is 8. The molecule has 2 aromatic rings. The molecule has 2 saturated heterocycles. The summed E-state index contributed by atoms with van der Waals surface area (Å²) in [5, 5.41) is 35.9. The lowest BCUT2D eigenvalue weighted by atomic mass is 9.84. The first-order valence-electron chi connectivity index (χ1n) is 28.6. The lowest BCUT2D eigenvalue weighted by Gasteiger charge is -2.35. The third-order valence-corrected chi connectivity index (χ3v) is 16.0. The van der Waals surface area contributed by atoms with Crippen LogP contribution in [0.1, 0.15) is 183 Å². The van der Waals surface area contributed by atoms with Crippen LogP contribution in [0.25, 0.3) is 6.08 Å². The van der Waals surface area contributed by atoms with Gasteiger partial charge in [-0.15, -0.1) is 0 Å². The van der Waals surface area contributed by atoms with Gasteiger partial charge in [0.2, 0.25) is 23.6 Å². The fourth-order valence-electron chi connectivity index (χ4n) is 10.4. The van der Waals surface area contributed by atoms with Crippen LogP contribution in [0.5, 0.6) is 0 Å². The Labute approximate surface area is 471 Å². The van der Waals surface area contributed by atoms with Crippen molar-refractivity contribution in [3.05, 3.63) is 76.9 Å². The van der Waals surface area contributed by atoms with Crippen LogP contribution in [-0.2, 0) is 44.8 Å². The SMILES string of the molecule is C.CC(C)[C@@H]1CC(=O)[C@H](C)[C@H](O)CC/C=C/c2cccc(c2)[C@@H](C)NC(=O)[C@@H]2CCCN(N2)C(=O)[C@H](C)NC1=O.CC(C)[C@@H]1CC(=O)[C@H](C)[C@H](O)CCCCc2cccc(c2)[C@@H](C)NC(=O)[C@@H]2CCCN(N2)C(=O)[C@H](C)NC1=O.[HH]. The Morgan fingerprint density at radius 2 is 0.975 bits per heavy atom. The summed E-state index contributed by atoms with van der Waals surface area (Å²) in [4.78, 5) is 105. The van der Waals surface area contributed by atoms with Crippen LogP contribution >= 0.6 is 0 Å².